The van der Waals surface area contributed by atoms with Gasteiger partial charge in [-0.3, -0.25) is 10.1 Å². The first kappa shape index (κ1) is 15.1. The van der Waals surface area contributed by atoms with Gasteiger partial charge in [-0.2, -0.15) is 0 Å². The third kappa shape index (κ3) is 3.00. The first-order chi connectivity index (χ1) is 10.7. The van der Waals surface area contributed by atoms with E-state index in [9.17, 15) is 14.5 Å². The van der Waals surface area contributed by atoms with Gasteiger partial charge < -0.3 is 9.80 Å². The number of nitro groups is 1. The predicted octanol–water partition coefficient (Wildman–Crippen LogP) is 3.71. The lowest BCUT2D eigenvalue weighted by Crippen LogP contribution is -2.32. The lowest BCUT2D eigenvalue weighted by atomic mass is 10.1. The Bertz CT molecular complexity index is 553. The molecule has 2 heterocycles. The molecule has 1 aromatic rings. The van der Waals surface area contributed by atoms with Crippen LogP contribution >= 0.6 is 0 Å². The Balaban J connectivity index is 1.98. The highest BCUT2D eigenvalue weighted by Crippen LogP contribution is 2.37. The Morgan fingerprint density at radius 3 is 1.86 bits per heavy atom. The zero-order valence-corrected chi connectivity index (χ0v) is 12.8. The number of benzene rings is 1. The normalized spacial score (nSPS) is 19.3. The van der Waals surface area contributed by atoms with Crippen LogP contribution in [0.1, 0.15) is 38.5 Å². The summed E-state index contributed by atoms with van der Waals surface area (Å²) in [4.78, 5) is 14.9. The van der Waals surface area contributed by atoms with Crippen LogP contribution in [0, 0.1) is 15.9 Å². The minimum atomic E-state index is -0.477. The third-order valence-electron chi connectivity index (χ3n) is 4.63. The van der Waals surface area contributed by atoms with Crippen molar-refractivity contribution >= 4 is 17.1 Å². The summed E-state index contributed by atoms with van der Waals surface area (Å²) in [5, 5.41) is 11.3. The molecule has 0 radical (unpaired) electrons. The monoisotopic (exact) mass is 307 g/mol. The van der Waals surface area contributed by atoms with Crippen molar-refractivity contribution in [2.75, 3.05) is 36.0 Å². The van der Waals surface area contributed by atoms with E-state index in [2.05, 4.69) is 0 Å². The second-order valence-corrected chi connectivity index (χ2v) is 6.14. The lowest BCUT2D eigenvalue weighted by Gasteiger charge is -2.32. The van der Waals surface area contributed by atoms with Crippen molar-refractivity contribution in [2.24, 2.45) is 0 Å². The molecule has 0 atom stereocenters. The van der Waals surface area contributed by atoms with E-state index in [0.717, 1.165) is 64.3 Å². The number of hydrogen-bond acceptors (Lipinski definition) is 4. The second-order valence-electron chi connectivity index (χ2n) is 6.14. The third-order valence-corrected chi connectivity index (χ3v) is 4.63. The molecule has 6 heteroatoms. The van der Waals surface area contributed by atoms with Crippen molar-refractivity contribution in [2.45, 2.75) is 38.5 Å². The van der Waals surface area contributed by atoms with E-state index in [1.165, 1.54) is 6.42 Å². The van der Waals surface area contributed by atoms with Crippen molar-refractivity contribution < 1.29 is 9.31 Å². The second kappa shape index (κ2) is 6.50. The summed E-state index contributed by atoms with van der Waals surface area (Å²) in [7, 11) is 0. The number of piperidine rings is 2. The molecule has 0 amide bonds. The summed E-state index contributed by atoms with van der Waals surface area (Å²) in [6, 6.07) is 2.80. The molecule has 0 aliphatic carbocycles. The Morgan fingerprint density at radius 2 is 1.36 bits per heavy atom. The van der Waals surface area contributed by atoms with E-state index in [0.29, 0.717) is 11.4 Å². The molecule has 1 aromatic carbocycles. The van der Waals surface area contributed by atoms with Gasteiger partial charge in [-0.15, -0.1) is 0 Å². The van der Waals surface area contributed by atoms with Crippen molar-refractivity contribution in [1.29, 1.82) is 0 Å². The highest BCUT2D eigenvalue weighted by Gasteiger charge is 2.26. The van der Waals surface area contributed by atoms with Crippen LogP contribution in [0.2, 0.25) is 0 Å². The fraction of sp³-hybridized carbons (Fsp3) is 0.625. The molecule has 0 spiro atoms. The molecule has 22 heavy (non-hydrogen) atoms. The van der Waals surface area contributed by atoms with E-state index in [4.69, 9.17) is 0 Å². The van der Waals surface area contributed by atoms with Crippen molar-refractivity contribution in [3.8, 4) is 0 Å². The predicted molar refractivity (Wildman–Crippen MR) is 85.2 cm³/mol. The van der Waals surface area contributed by atoms with E-state index >= 15 is 0 Å². The van der Waals surface area contributed by atoms with Crippen LogP contribution in [-0.2, 0) is 0 Å². The van der Waals surface area contributed by atoms with Gasteiger partial charge >= 0.3 is 0 Å². The summed E-state index contributed by atoms with van der Waals surface area (Å²) in [6.07, 6.45) is 6.50. The topological polar surface area (TPSA) is 49.6 Å². The zero-order valence-electron chi connectivity index (χ0n) is 12.8. The number of halogens is 1. The van der Waals surface area contributed by atoms with Crippen LogP contribution in [0.4, 0.5) is 21.5 Å². The Morgan fingerprint density at radius 1 is 0.864 bits per heavy atom. The molecule has 5 nitrogen and oxygen atoms in total. The molecule has 0 bridgehead atoms. The summed E-state index contributed by atoms with van der Waals surface area (Å²) in [6.45, 7) is 3.28. The van der Waals surface area contributed by atoms with E-state index in [1.807, 2.05) is 9.80 Å². The first-order valence-electron chi connectivity index (χ1n) is 8.14. The van der Waals surface area contributed by atoms with E-state index in [-0.39, 0.29) is 5.69 Å². The first-order valence-corrected chi connectivity index (χ1v) is 8.14. The molecular formula is C16H22FN3O2. The summed E-state index contributed by atoms with van der Waals surface area (Å²) in [5.41, 5.74) is 0.984. The Hall–Kier alpha value is -1.85. The molecule has 120 valence electrons. The summed E-state index contributed by atoms with van der Waals surface area (Å²) in [5.74, 6) is -0.477. The molecule has 2 fully saturated rings. The lowest BCUT2D eigenvalue weighted by molar-refractivity contribution is -0.384. The van der Waals surface area contributed by atoms with Crippen LogP contribution < -0.4 is 9.80 Å². The summed E-state index contributed by atoms with van der Waals surface area (Å²) >= 11 is 0. The van der Waals surface area contributed by atoms with Crippen LogP contribution in [0.5, 0.6) is 0 Å². The molecule has 0 N–H and O–H groups in total. The number of nitrogens with zero attached hydrogens (tertiary/aromatic N) is 3. The highest BCUT2D eigenvalue weighted by molar-refractivity contribution is 5.71. The van der Waals surface area contributed by atoms with Crippen molar-refractivity contribution in [1.82, 2.24) is 0 Å². The molecule has 0 saturated carbocycles. The van der Waals surface area contributed by atoms with Crippen LogP contribution in [-0.4, -0.2) is 31.1 Å². The maximum absolute atomic E-state index is 14.4. The van der Waals surface area contributed by atoms with E-state index < -0.39 is 10.7 Å². The molecule has 3 rings (SSSR count). The van der Waals surface area contributed by atoms with Gasteiger partial charge in [0.2, 0.25) is 0 Å². The molecule has 2 saturated heterocycles. The highest BCUT2D eigenvalue weighted by atomic mass is 19.1. The smallest absolute Gasteiger partial charge is 0.295 e. The van der Waals surface area contributed by atoms with Gasteiger partial charge in [0.1, 0.15) is 5.69 Å². The minimum Gasteiger partial charge on any atom is -0.369 e. The van der Waals surface area contributed by atoms with Crippen LogP contribution in [0.15, 0.2) is 12.1 Å². The van der Waals surface area contributed by atoms with Crippen LogP contribution in [0.25, 0.3) is 0 Å². The number of rotatable bonds is 3. The van der Waals surface area contributed by atoms with Gasteiger partial charge in [0, 0.05) is 26.2 Å². The summed E-state index contributed by atoms with van der Waals surface area (Å²) < 4.78 is 14.4. The SMILES string of the molecule is O=[N+]([O-])c1cc(F)c(N2CCCCC2)cc1N1CCCCC1. The van der Waals surface area contributed by atoms with Gasteiger partial charge in [0.15, 0.2) is 5.82 Å². The largest absolute Gasteiger partial charge is 0.369 e. The number of nitro benzene ring substituents is 1. The quantitative estimate of drug-likeness (QED) is 0.631. The van der Waals surface area contributed by atoms with Gasteiger partial charge in [-0.1, -0.05) is 0 Å². The molecule has 2 aliphatic heterocycles. The maximum Gasteiger partial charge on any atom is 0.295 e. The average Bonchev–Trinajstić information content (AvgIpc) is 2.56. The van der Waals surface area contributed by atoms with Gasteiger partial charge in [0.05, 0.1) is 16.7 Å². The average molecular weight is 307 g/mol. The molecule has 0 unspecified atom stereocenters. The maximum atomic E-state index is 14.4. The zero-order chi connectivity index (χ0) is 15.5. The van der Waals surface area contributed by atoms with Gasteiger partial charge in [0.25, 0.3) is 5.69 Å². The Labute approximate surface area is 129 Å². The molecule has 0 aromatic heterocycles. The van der Waals surface area contributed by atoms with Crippen molar-refractivity contribution in [3.63, 3.8) is 0 Å². The molecule has 2 aliphatic rings. The minimum absolute atomic E-state index is 0.111. The fourth-order valence-corrected chi connectivity index (χ4v) is 3.45. The number of hydrogen-bond donors (Lipinski definition) is 0. The standard InChI is InChI=1S/C16H22FN3O2/c17-13-11-16(20(21)22)15(19-9-5-2-6-10-19)12-14(13)18-7-3-1-4-8-18/h11-12H,1-10H2. The Kier molecular flexibility index (Phi) is 4.45. The van der Waals surface area contributed by atoms with Crippen LogP contribution in [0.3, 0.4) is 0 Å². The van der Waals surface area contributed by atoms with Crippen molar-refractivity contribution in [3.05, 3.63) is 28.1 Å². The molecular weight excluding hydrogens is 285 g/mol. The van der Waals surface area contributed by atoms with Gasteiger partial charge in [-0.25, -0.2) is 4.39 Å². The fourth-order valence-electron chi connectivity index (χ4n) is 3.45. The van der Waals surface area contributed by atoms with Gasteiger partial charge in [-0.05, 0) is 44.6 Å². The number of anilines is 2. The van der Waals surface area contributed by atoms with E-state index in [1.54, 1.807) is 6.07 Å².